The van der Waals surface area contributed by atoms with E-state index in [-0.39, 0.29) is 12.1 Å². The average Bonchev–Trinajstić information content (AvgIpc) is 3.43. The summed E-state index contributed by atoms with van der Waals surface area (Å²) in [5.74, 6) is 0. The third-order valence-corrected chi connectivity index (χ3v) is 6.63. The predicted molar refractivity (Wildman–Crippen MR) is 113 cm³/mol. The van der Waals surface area contributed by atoms with Gasteiger partial charge >= 0.3 is 6.09 Å². The van der Waals surface area contributed by atoms with E-state index in [1.807, 2.05) is 34.7 Å². The highest BCUT2D eigenvalue weighted by Gasteiger charge is 2.48. The predicted octanol–water partition coefficient (Wildman–Crippen LogP) is 3.95. The highest BCUT2D eigenvalue weighted by atomic mass is 32.1. The first-order valence-corrected chi connectivity index (χ1v) is 10.6. The van der Waals surface area contributed by atoms with E-state index in [9.17, 15) is 9.90 Å². The van der Waals surface area contributed by atoms with Crippen LogP contribution in [0.5, 0.6) is 0 Å². The SMILES string of the molecule is O=C(O)N1C2CC1CN(c1nc3cc(-c4cccnc4)cc(-c4nccs4)c3o1)C2. The van der Waals surface area contributed by atoms with E-state index < -0.39 is 6.09 Å². The van der Waals surface area contributed by atoms with E-state index in [1.165, 1.54) is 0 Å². The first-order valence-electron chi connectivity index (χ1n) is 9.68. The van der Waals surface area contributed by atoms with Crippen LogP contribution in [0.3, 0.4) is 0 Å². The van der Waals surface area contributed by atoms with Crippen LogP contribution < -0.4 is 4.90 Å². The molecule has 3 aliphatic rings. The van der Waals surface area contributed by atoms with Gasteiger partial charge in [0.05, 0.1) is 17.6 Å². The molecule has 4 aromatic rings. The fourth-order valence-corrected chi connectivity index (χ4v) is 5.10. The van der Waals surface area contributed by atoms with Gasteiger partial charge in [0.15, 0.2) is 5.58 Å². The van der Waals surface area contributed by atoms with Gasteiger partial charge in [-0.2, -0.15) is 4.98 Å². The second-order valence-corrected chi connectivity index (χ2v) is 8.48. The number of aromatic nitrogens is 3. The Morgan fingerprint density at radius 1 is 1.20 bits per heavy atom. The van der Waals surface area contributed by atoms with E-state index in [0.717, 1.165) is 33.6 Å². The first kappa shape index (κ1) is 17.4. The van der Waals surface area contributed by atoms with Crippen molar-refractivity contribution in [2.75, 3.05) is 18.0 Å². The van der Waals surface area contributed by atoms with Gasteiger partial charge < -0.3 is 14.4 Å². The number of rotatable bonds is 3. The van der Waals surface area contributed by atoms with Gasteiger partial charge in [-0.15, -0.1) is 11.3 Å². The minimum atomic E-state index is -0.847. The zero-order chi connectivity index (χ0) is 20.2. The molecule has 3 saturated heterocycles. The van der Waals surface area contributed by atoms with E-state index in [4.69, 9.17) is 9.40 Å². The molecule has 0 saturated carbocycles. The van der Waals surface area contributed by atoms with Gasteiger partial charge in [-0.05, 0) is 30.2 Å². The lowest BCUT2D eigenvalue weighted by atomic mass is 9.88. The van der Waals surface area contributed by atoms with Crippen molar-refractivity contribution in [3.8, 4) is 21.7 Å². The molecule has 3 fully saturated rings. The van der Waals surface area contributed by atoms with Crippen LogP contribution in [0, 0.1) is 0 Å². The number of hydrogen-bond donors (Lipinski definition) is 1. The van der Waals surface area contributed by atoms with Crippen LogP contribution in [-0.4, -0.2) is 56.2 Å². The van der Waals surface area contributed by atoms with E-state index >= 15 is 0 Å². The molecule has 6 heterocycles. The Bertz CT molecular complexity index is 1230. The molecule has 7 rings (SSSR count). The fourth-order valence-electron chi connectivity index (χ4n) is 4.45. The Hall–Kier alpha value is -3.46. The van der Waals surface area contributed by atoms with E-state index in [0.29, 0.717) is 24.7 Å². The number of oxazole rings is 1. The van der Waals surface area contributed by atoms with Gasteiger partial charge in [0.2, 0.25) is 0 Å². The third kappa shape index (κ3) is 2.66. The topological polar surface area (TPSA) is 95.6 Å². The van der Waals surface area contributed by atoms with Crippen LogP contribution in [0.1, 0.15) is 6.42 Å². The molecule has 8 nitrogen and oxygen atoms in total. The number of nitrogens with zero attached hydrogens (tertiary/aromatic N) is 5. The zero-order valence-electron chi connectivity index (χ0n) is 15.8. The van der Waals surface area contributed by atoms with Crippen molar-refractivity contribution in [2.24, 2.45) is 0 Å². The lowest BCUT2D eigenvalue weighted by Gasteiger charge is -2.54. The fraction of sp³-hybridized carbons (Fsp3) is 0.238. The largest absolute Gasteiger partial charge is 0.465 e. The maximum atomic E-state index is 11.4. The third-order valence-electron chi connectivity index (χ3n) is 5.82. The normalized spacial score (nSPS) is 20.4. The standard InChI is InChI=1S/C21H17N5O3S/c27-21(28)26-14-8-15(26)11-25(10-14)20-24-17-7-13(12-2-1-3-22-9-12)6-16(18(17)29-20)19-23-4-5-30-19/h1-7,9,14-15H,8,10-11H2,(H,27,28). The number of fused-ring (bicyclic) bond motifs is 3. The molecule has 0 spiro atoms. The quantitative estimate of drug-likeness (QED) is 0.537. The summed E-state index contributed by atoms with van der Waals surface area (Å²) in [7, 11) is 0. The number of hydrogen-bond acceptors (Lipinski definition) is 7. The summed E-state index contributed by atoms with van der Waals surface area (Å²) in [4.78, 5) is 28.4. The number of piperazine rings is 1. The Labute approximate surface area is 175 Å². The number of thiazole rings is 1. The molecule has 1 amide bonds. The summed E-state index contributed by atoms with van der Waals surface area (Å²) in [6, 6.07) is 8.52. The molecule has 1 N–H and O–H groups in total. The number of carboxylic acid groups (broad SMARTS) is 1. The smallest absolute Gasteiger partial charge is 0.407 e. The maximum Gasteiger partial charge on any atom is 0.407 e. The molecular formula is C21H17N5O3S. The molecule has 2 bridgehead atoms. The molecule has 9 heteroatoms. The Morgan fingerprint density at radius 3 is 2.77 bits per heavy atom. The zero-order valence-corrected chi connectivity index (χ0v) is 16.6. The lowest BCUT2D eigenvalue weighted by molar-refractivity contribution is 0.0101. The second kappa shape index (κ2) is 6.53. The van der Waals surface area contributed by atoms with Crippen LogP contribution in [0.15, 0.2) is 52.7 Å². The number of amides is 1. The van der Waals surface area contributed by atoms with Crippen molar-refractivity contribution in [3.63, 3.8) is 0 Å². The van der Waals surface area contributed by atoms with Crippen molar-refractivity contribution in [1.82, 2.24) is 19.9 Å². The Kier molecular flexibility index (Phi) is 3.79. The molecule has 1 aromatic carbocycles. The van der Waals surface area contributed by atoms with Crippen LogP contribution >= 0.6 is 11.3 Å². The molecule has 0 radical (unpaired) electrons. The number of piperidine rings is 1. The summed E-state index contributed by atoms with van der Waals surface area (Å²) >= 11 is 1.55. The summed E-state index contributed by atoms with van der Waals surface area (Å²) in [6.07, 6.45) is 5.41. The molecule has 0 aliphatic carbocycles. The van der Waals surface area contributed by atoms with Crippen molar-refractivity contribution >= 4 is 34.5 Å². The van der Waals surface area contributed by atoms with Gasteiger partial charge in [-0.25, -0.2) is 9.78 Å². The molecule has 3 aromatic heterocycles. The summed E-state index contributed by atoms with van der Waals surface area (Å²) < 4.78 is 6.22. The van der Waals surface area contributed by atoms with Crippen LogP contribution in [0.4, 0.5) is 10.8 Å². The molecule has 30 heavy (non-hydrogen) atoms. The lowest BCUT2D eigenvalue weighted by Crippen LogP contribution is -2.70. The molecular weight excluding hydrogens is 402 g/mol. The van der Waals surface area contributed by atoms with E-state index in [2.05, 4.69) is 16.0 Å². The molecule has 150 valence electrons. The molecule has 2 unspecified atom stereocenters. The van der Waals surface area contributed by atoms with Crippen LogP contribution in [0.2, 0.25) is 0 Å². The minimum Gasteiger partial charge on any atom is -0.465 e. The van der Waals surface area contributed by atoms with Gasteiger partial charge in [-0.1, -0.05) is 6.07 Å². The Balaban J connectivity index is 1.43. The molecule has 2 atom stereocenters. The highest BCUT2D eigenvalue weighted by Crippen LogP contribution is 2.39. The van der Waals surface area contributed by atoms with Crippen LogP contribution in [0.25, 0.3) is 32.8 Å². The summed E-state index contributed by atoms with van der Waals surface area (Å²) in [6.45, 7) is 1.19. The van der Waals surface area contributed by atoms with Gasteiger partial charge in [0.25, 0.3) is 6.01 Å². The number of benzene rings is 1. The van der Waals surface area contributed by atoms with Crippen molar-refractivity contribution in [3.05, 3.63) is 48.2 Å². The Morgan fingerprint density at radius 2 is 2.07 bits per heavy atom. The van der Waals surface area contributed by atoms with Crippen molar-refractivity contribution < 1.29 is 14.3 Å². The maximum absolute atomic E-state index is 11.4. The van der Waals surface area contributed by atoms with E-state index in [1.54, 1.807) is 28.6 Å². The second-order valence-electron chi connectivity index (χ2n) is 7.59. The van der Waals surface area contributed by atoms with Gasteiger partial charge in [0.1, 0.15) is 10.5 Å². The molecule has 3 aliphatic heterocycles. The van der Waals surface area contributed by atoms with Crippen LogP contribution in [-0.2, 0) is 0 Å². The summed E-state index contributed by atoms with van der Waals surface area (Å²) in [5.41, 5.74) is 4.35. The number of anilines is 1. The highest BCUT2D eigenvalue weighted by molar-refractivity contribution is 7.13. The first-order chi connectivity index (χ1) is 14.7. The van der Waals surface area contributed by atoms with Crippen molar-refractivity contribution in [1.29, 1.82) is 0 Å². The number of pyridine rings is 1. The van der Waals surface area contributed by atoms with Gasteiger partial charge in [-0.3, -0.25) is 9.88 Å². The van der Waals surface area contributed by atoms with Crippen molar-refractivity contribution in [2.45, 2.75) is 18.5 Å². The summed E-state index contributed by atoms with van der Waals surface area (Å²) in [5, 5.41) is 12.2. The minimum absolute atomic E-state index is 0.000601. The van der Waals surface area contributed by atoms with Gasteiger partial charge in [0, 0.05) is 42.6 Å². The monoisotopic (exact) mass is 419 g/mol. The average molecular weight is 419 g/mol. The number of carbonyl (C=O) groups is 1.